The van der Waals surface area contributed by atoms with Gasteiger partial charge in [0.1, 0.15) is 0 Å². The summed E-state index contributed by atoms with van der Waals surface area (Å²) in [5.74, 6) is 1.96. The third kappa shape index (κ3) is 5.58. The van der Waals surface area contributed by atoms with E-state index in [1.54, 1.807) is 11.3 Å². The predicted molar refractivity (Wildman–Crippen MR) is 205 cm³/mol. The average molecular weight is 644 g/mol. The van der Waals surface area contributed by atoms with Gasteiger partial charge in [-0.3, -0.25) is 0 Å². The Balaban J connectivity index is 1.21. The summed E-state index contributed by atoms with van der Waals surface area (Å²) in [4.78, 5) is 15.4. The van der Waals surface area contributed by atoms with Gasteiger partial charge in [0.15, 0.2) is 17.5 Å². The second kappa shape index (κ2) is 12.4. The van der Waals surface area contributed by atoms with Gasteiger partial charge in [-0.25, -0.2) is 15.0 Å². The summed E-state index contributed by atoms with van der Waals surface area (Å²) in [5.41, 5.74) is 9.92. The van der Waals surface area contributed by atoms with Gasteiger partial charge in [0, 0.05) is 36.9 Å². The highest BCUT2D eigenvalue weighted by atomic mass is 32.1. The largest absolute Gasteiger partial charge is 0.208 e. The van der Waals surface area contributed by atoms with Gasteiger partial charge in [0.05, 0.1) is 0 Å². The summed E-state index contributed by atoms with van der Waals surface area (Å²) in [6.07, 6.45) is 0. The Kier molecular flexibility index (Phi) is 7.34. The Morgan fingerprint density at radius 3 is 1.45 bits per heavy atom. The molecule has 0 aliphatic heterocycles. The number of benzene rings is 7. The SMILES string of the molecule is c1ccc(-c2ccc(-c3nc(-c4cccc(-c5ccccc5)c4)nc(-c4cccc5c4sc4cc(-c6ccccc6)ccc45)n3)cc2)cc1. The van der Waals surface area contributed by atoms with Crippen molar-refractivity contribution in [1.82, 2.24) is 15.0 Å². The van der Waals surface area contributed by atoms with Crippen molar-refractivity contribution in [2.24, 2.45) is 0 Å². The minimum atomic E-state index is 0.647. The molecule has 0 atom stereocenters. The van der Waals surface area contributed by atoms with Crippen LogP contribution in [0.4, 0.5) is 0 Å². The Labute approximate surface area is 288 Å². The summed E-state index contributed by atoms with van der Waals surface area (Å²) in [6.45, 7) is 0. The van der Waals surface area contributed by atoms with Crippen molar-refractivity contribution in [2.75, 3.05) is 0 Å². The summed E-state index contributed by atoms with van der Waals surface area (Å²) in [5, 5.41) is 2.45. The molecule has 0 aliphatic rings. The van der Waals surface area contributed by atoms with Gasteiger partial charge in [-0.15, -0.1) is 11.3 Å². The lowest BCUT2D eigenvalue weighted by Crippen LogP contribution is -2.00. The van der Waals surface area contributed by atoms with Crippen molar-refractivity contribution < 1.29 is 0 Å². The molecule has 49 heavy (non-hydrogen) atoms. The van der Waals surface area contributed by atoms with Crippen LogP contribution in [0.15, 0.2) is 176 Å². The van der Waals surface area contributed by atoms with Crippen LogP contribution in [0, 0.1) is 0 Å². The molecule has 0 N–H and O–H groups in total. The van der Waals surface area contributed by atoms with Crippen molar-refractivity contribution in [3.63, 3.8) is 0 Å². The van der Waals surface area contributed by atoms with Gasteiger partial charge in [0.25, 0.3) is 0 Å². The molecular formula is C45H29N3S. The molecule has 230 valence electrons. The topological polar surface area (TPSA) is 38.7 Å². The molecule has 0 unspecified atom stereocenters. The fraction of sp³-hybridized carbons (Fsp3) is 0. The predicted octanol–water partition coefficient (Wildman–Crippen LogP) is 12.2. The minimum Gasteiger partial charge on any atom is -0.208 e. The van der Waals surface area contributed by atoms with Gasteiger partial charge >= 0.3 is 0 Å². The molecule has 0 amide bonds. The first-order valence-corrected chi connectivity index (χ1v) is 17.2. The van der Waals surface area contributed by atoms with Crippen LogP contribution in [-0.4, -0.2) is 15.0 Å². The maximum absolute atomic E-state index is 5.17. The highest BCUT2D eigenvalue weighted by Gasteiger charge is 2.17. The summed E-state index contributed by atoms with van der Waals surface area (Å²) in [7, 11) is 0. The number of rotatable bonds is 6. The van der Waals surface area contributed by atoms with Crippen LogP contribution in [0.25, 0.3) is 87.7 Å². The van der Waals surface area contributed by atoms with E-state index in [-0.39, 0.29) is 0 Å². The zero-order valence-electron chi connectivity index (χ0n) is 26.5. The lowest BCUT2D eigenvalue weighted by atomic mass is 10.0. The molecule has 9 aromatic rings. The van der Waals surface area contributed by atoms with Crippen LogP contribution in [0.2, 0.25) is 0 Å². The molecule has 0 aliphatic carbocycles. The van der Waals surface area contributed by atoms with Crippen molar-refractivity contribution in [3.05, 3.63) is 176 Å². The van der Waals surface area contributed by atoms with E-state index in [0.29, 0.717) is 17.5 Å². The van der Waals surface area contributed by atoms with Crippen molar-refractivity contribution >= 4 is 31.5 Å². The number of nitrogens with zero attached hydrogens (tertiary/aromatic N) is 3. The van der Waals surface area contributed by atoms with E-state index in [1.807, 2.05) is 12.1 Å². The number of hydrogen-bond acceptors (Lipinski definition) is 4. The molecule has 0 radical (unpaired) electrons. The molecule has 0 fully saturated rings. The molecule has 0 bridgehead atoms. The molecule has 7 aromatic carbocycles. The van der Waals surface area contributed by atoms with Gasteiger partial charge in [-0.2, -0.15) is 0 Å². The normalized spacial score (nSPS) is 11.3. The van der Waals surface area contributed by atoms with Crippen LogP contribution in [0.1, 0.15) is 0 Å². The van der Waals surface area contributed by atoms with Crippen molar-refractivity contribution in [1.29, 1.82) is 0 Å². The maximum Gasteiger partial charge on any atom is 0.165 e. The molecule has 0 saturated carbocycles. The summed E-state index contributed by atoms with van der Waals surface area (Å²) < 4.78 is 2.41. The Bertz CT molecular complexity index is 2580. The molecule has 2 aromatic heterocycles. The first kappa shape index (κ1) is 29.0. The fourth-order valence-electron chi connectivity index (χ4n) is 6.45. The molecule has 9 rings (SSSR count). The van der Waals surface area contributed by atoms with Crippen molar-refractivity contribution in [3.8, 4) is 67.5 Å². The smallest absolute Gasteiger partial charge is 0.165 e. The van der Waals surface area contributed by atoms with E-state index in [1.165, 1.54) is 36.9 Å². The minimum absolute atomic E-state index is 0.647. The summed E-state index contributed by atoms with van der Waals surface area (Å²) in [6, 6.07) is 61.6. The lowest BCUT2D eigenvalue weighted by molar-refractivity contribution is 1.08. The van der Waals surface area contributed by atoms with Gasteiger partial charge in [-0.1, -0.05) is 158 Å². The van der Waals surface area contributed by atoms with Crippen LogP contribution >= 0.6 is 11.3 Å². The highest BCUT2D eigenvalue weighted by molar-refractivity contribution is 7.26. The highest BCUT2D eigenvalue weighted by Crippen LogP contribution is 2.41. The Hall–Kier alpha value is -6.23. The van der Waals surface area contributed by atoms with Crippen LogP contribution in [-0.2, 0) is 0 Å². The number of fused-ring (bicyclic) bond motifs is 3. The van der Waals surface area contributed by atoms with Crippen LogP contribution < -0.4 is 0 Å². The molecule has 2 heterocycles. The van der Waals surface area contributed by atoms with Crippen LogP contribution in [0.3, 0.4) is 0 Å². The second-order valence-electron chi connectivity index (χ2n) is 12.1. The average Bonchev–Trinajstić information content (AvgIpc) is 3.57. The Morgan fingerprint density at radius 2 is 0.776 bits per heavy atom. The molecule has 4 heteroatoms. The monoisotopic (exact) mass is 643 g/mol. The first-order valence-electron chi connectivity index (χ1n) is 16.4. The molecule has 3 nitrogen and oxygen atoms in total. The van der Waals surface area contributed by atoms with Crippen molar-refractivity contribution in [2.45, 2.75) is 0 Å². The van der Waals surface area contributed by atoms with E-state index in [4.69, 9.17) is 15.0 Å². The van der Waals surface area contributed by atoms with E-state index < -0.39 is 0 Å². The molecule has 0 spiro atoms. The van der Waals surface area contributed by atoms with E-state index >= 15 is 0 Å². The van der Waals surface area contributed by atoms with Crippen LogP contribution in [0.5, 0.6) is 0 Å². The lowest BCUT2D eigenvalue weighted by Gasteiger charge is -2.11. The maximum atomic E-state index is 5.17. The fourth-order valence-corrected chi connectivity index (χ4v) is 7.70. The van der Waals surface area contributed by atoms with E-state index in [9.17, 15) is 0 Å². The van der Waals surface area contributed by atoms with E-state index in [0.717, 1.165) is 33.4 Å². The zero-order chi connectivity index (χ0) is 32.6. The quantitative estimate of drug-likeness (QED) is 0.181. The number of thiophene rings is 1. The second-order valence-corrected chi connectivity index (χ2v) is 13.1. The Morgan fingerprint density at radius 1 is 0.306 bits per heavy atom. The third-order valence-electron chi connectivity index (χ3n) is 8.96. The van der Waals surface area contributed by atoms with E-state index in [2.05, 4.69) is 164 Å². The van der Waals surface area contributed by atoms with Gasteiger partial charge in [0.2, 0.25) is 0 Å². The first-order chi connectivity index (χ1) is 24.3. The molecule has 0 saturated heterocycles. The van der Waals surface area contributed by atoms with Gasteiger partial charge in [-0.05, 0) is 51.6 Å². The standard InChI is InChI=1S/C45H29N3S/c1-4-12-30(13-5-1)33-22-24-34(25-23-33)43-46-44(37-19-10-18-35(28-37)31-14-6-2-7-15-31)48-45(47-43)40-21-11-20-39-38-27-26-36(29-41(38)49-42(39)40)32-16-8-3-9-17-32/h1-29H. The number of aromatic nitrogens is 3. The van der Waals surface area contributed by atoms with Gasteiger partial charge < -0.3 is 0 Å². The molecular weight excluding hydrogens is 615 g/mol. The third-order valence-corrected chi connectivity index (χ3v) is 10.2. The summed E-state index contributed by atoms with van der Waals surface area (Å²) >= 11 is 1.79. The number of hydrogen-bond donors (Lipinski definition) is 0. The zero-order valence-corrected chi connectivity index (χ0v) is 27.3.